The van der Waals surface area contributed by atoms with E-state index in [1.165, 1.54) is 0 Å². The van der Waals surface area contributed by atoms with Crippen molar-refractivity contribution in [1.29, 1.82) is 0 Å². The molecule has 5 nitrogen and oxygen atoms in total. The fraction of sp³-hybridized carbons (Fsp3) is 0.211. The lowest BCUT2D eigenvalue weighted by atomic mass is 10.2. The van der Waals surface area contributed by atoms with Crippen molar-refractivity contribution < 1.29 is 9.53 Å². The first-order valence-corrected chi connectivity index (χ1v) is 8.60. The third kappa shape index (κ3) is 3.34. The van der Waals surface area contributed by atoms with E-state index in [1.54, 1.807) is 12.1 Å². The molecule has 0 atom stereocenters. The lowest BCUT2D eigenvalue weighted by Crippen LogP contribution is -2.36. The van der Waals surface area contributed by atoms with Crippen LogP contribution in [0.3, 0.4) is 0 Å². The first kappa shape index (κ1) is 16.0. The van der Waals surface area contributed by atoms with E-state index in [4.69, 9.17) is 16.3 Å². The molecule has 2 N–H and O–H groups in total. The van der Waals surface area contributed by atoms with Crippen LogP contribution in [0.1, 0.15) is 10.5 Å². The highest BCUT2D eigenvalue weighted by molar-refractivity contribution is 6.35. The maximum Gasteiger partial charge on any atom is 0.272 e. The normalized spacial score (nSPS) is 14.7. The second-order valence-corrected chi connectivity index (χ2v) is 6.39. The van der Waals surface area contributed by atoms with Crippen LogP contribution < -0.4 is 10.2 Å². The van der Waals surface area contributed by atoms with E-state index in [2.05, 4.69) is 15.2 Å². The Bertz CT molecular complexity index is 899. The molecule has 25 heavy (non-hydrogen) atoms. The quantitative estimate of drug-likeness (QED) is 0.749. The van der Waals surface area contributed by atoms with E-state index < -0.39 is 0 Å². The van der Waals surface area contributed by atoms with E-state index in [0.29, 0.717) is 10.7 Å². The van der Waals surface area contributed by atoms with Gasteiger partial charge in [-0.1, -0.05) is 23.7 Å². The molecule has 6 heteroatoms. The van der Waals surface area contributed by atoms with Crippen LogP contribution in [0, 0.1) is 0 Å². The van der Waals surface area contributed by atoms with Crippen LogP contribution >= 0.6 is 11.6 Å². The van der Waals surface area contributed by atoms with Gasteiger partial charge in [-0.25, -0.2) is 0 Å². The Labute approximate surface area is 150 Å². The number of carbonyl (C=O) groups excluding carboxylic acids is 1. The SMILES string of the molecule is O=C(Nc1ccc(N2CCOCC2)cc1)c1cc2cccc(Cl)c2[nH]1. The molecule has 0 saturated carbocycles. The molecule has 1 amide bonds. The fourth-order valence-electron chi connectivity index (χ4n) is 3.02. The highest BCUT2D eigenvalue weighted by atomic mass is 35.5. The molecule has 1 aliphatic heterocycles. The number of nitrogens with one attached hydrogen (secondary N) is 2. The molecule has 3 aromatic rings. The summed E-state index contributed by atoms with van der Waals surface area (Å²) >= 11 is 6.15. The summed E-state index contributed by atoms with van der Waals surface area (Å²) in [6.07, 6.45) is 0. The molecule has 0 radical (unpaired) electrons. The van der Waals surface area contributed by atoms with Crippen LogP contribution in [0.4, 0.5) is 11.4 Å². The minimum absolute atomic E-state index is 0.189. The second-order valence-electron chi connectivity index (χ2n) is 5.99. The molecule has 1 fully saturated rings. The average molecular weight is 356 g/mol. The number of aromatic amines is 1. The monoisotopic (exact) mass is 355 g/mol. The molecule has 0 aliphatic carbocycles. The summed E-state index contributed by atoms with van der Waals surface area (Å²) in [6, 6.07) is 15.3. The number of hydrogen-bond acceptors (Lipinski definition) is 3. The average Bonchev–Trinajstić information content (AvgIpc) is 3.09. The van der Waals surface area contributed by atoms with Gasteiger partial charge in [-0.3, -0.25) is 4.79 Å². The Hall–Kier alpha value is -2.50. The minimum atomic E-state index is -0.189. The van der Waals surface area contributed by atoms with Gasteiger partial charge in [0.25, 0.3) is 5.91 Å². The van der Waals surface area contributed by atoms with Gasteiger partial charge < -0.3 is 19.9 Å². The van der Waals surface area contributed by atoms with Gasteiger partial charge in [0.15, 0.2) is 0 Å². The van der Waals surface area contributed by atoms with Gasteiger partial charge in [-0.2, -0.15) is 0 Å². The number of rotatable bonds is 3. The molecule has 1 aliphatic rings. The van der Waals surface area contributed by atoms with Gasteiger partial charge in [0.2, 0.25) is 0 Å². The van der Waals surface area contributed by atoms with Crippen LogP contribution in [0.25, 0.3) is 10.9 Å². The molecule has 1 saturated heterocycles. The van der Waals surface area contributed by atoms with Crippen molar-refractivity contribution in [2.45, 2.75) is 0 Å². The van der Waals surface area contributed by atoms with Crippen LogP contribution in [0.2, 0.25) is 5.02 Å². The van der Waals surface area contributed by atoms with Crippen molar-refractivity contribution in [1.82, 2.24) is 4.98 Å². The Morgan fingerprint density at radius 1 is 1.12 bits per heavy atom. The largest absolute Gasteiger partial charge is 0.378 e. The summed E-state index contributed by atoms with van der Waals surface area (Å²) in [4.78, 5) is 17.8. The Morgan fingerprint density at radius 3 is 2.60 bits per heavy atom. The number of morpholine rings is 1. The standard InChI is InChI=1S/C19H18ClN3O2/c20-16-3-1-2-13-12-17(22-18(13)16)19(24)21-14-4-6-15(7-5-14)23-8-10-25-11-9-23/h1-7,12,22H,8-11H2,(H,21,24). The molecule has 2 heterocycles. The molecule has 0 spiro atoms. The van der Waals surface area contributed by atoms with Crippen LogP contribution in [0.15, 0.2) is 48.5 Å². The summed E-state index contributed by atoms with van der Waals surface area (Å²) in [5, 5.41) is 4.43. The van der Waals surface area contributed by atoms with Crippen LogP contribution in [0.5, 0.6) is 0 Å². The predicted molar refractivity (Wildman–Crippen MR) is 101 cm³/mol. The first-order valence-electron chi connectivity index (χ1n) is 8.22. The molecule has 0 bridgehead atoms. The van der Waals surface area contributed by atoms with Crippen molar-refractivity contribution in [2.24, 2.45) is 0 Å². The van der Waals surface area contributed by atoms with E-state index in [-0.39, 0.29) is 5.91 Å². The maximum atomic E-state index is 12.5. The van der Waals surface area contributed by atoms with Crippen molar-refractivity contribution in [3.63, 3.8) is 0 Å². The van der Waals surface area contributed by atoms with Gasteiger partial charge in [-0.05, 0) is 36.4 Å². The third-order valence-electron chi connectivity index (χ3n) is 4.35. The summed E-state index contributed by atoms with van der Waals surface area (Å²) in [5.41, 5.74) is 3.16. The topological polar surface area (TPSA) is 57.4 Å². The first-order chi connectivity index (χ1) is 12.2. The summed E-state index contributed by atoms with van der Waals surface area (Å²) in [5.74, 6) is -0.189. The number of nitrogens with zero attached hydrogens (tertiary/aromatic N) is 1. The number of para-hydroxylation sites is 1. The van der Waals surface area contributed by atoms with E-state index in [0.717, 1.165) is 48.6 Å². The van der Waals surface area contributed by atoms with Crippen LogP contribution in [-0.4, -0.2) is 37.2 Å². The number of carbonyl (C=O) groups is 1. The number of aromatic nitrogens is 1. The lowest BCUT2D eigenvalue weighted by Gasteiger charge is -2.28. The number of halogens is 1. The number of amides is 1. The Kier molecular flexibility index (Phi) is 4.34. The molecular weight excluding hydrogens is 338 g/mol. The maximum absolute atomic E-state index is 12.5. The molecule has 0 unspecified atom stereocenters. The van der Waals surface area contributed by atoms with Crippen molar-refractivity contribution in [3.8, 4) is 0 Å². The second kappa shape index (κ2) is 6.78. The lowest BCUT2D eigenvalue weighted by molar-refractivity contribution is 0.102. The molecule has 1 aromatic heterocycles. The number of anilines is 2. The smallest absolute Gasteiger partial charge is 0.272 e. The molecular formula is C19H18ClN3O2. The number of ether oxygens (including phenoxy) is 1. The van der Waals surface area contributed by atoms with E-state index >= 15 is 0 Å². The number of hydrogen-bond donors (Lipinski definition) is 2. The van der Waals surface area contributed by atoms with E-state index in [1.807, 2.05) is 36.4 Å². The Morgan fingerprint density at radius 2 is 1.88 bits per heavy atom. The molecule has 128 valence electrons. The van der Waals surface area contributed by atoms with Crippen LogP contribution in [-0.2, 0) is 4.74 Å². The van der Waals surface area contributed by atoms with Crippen molar-refractivity contribution >= 4 is 39.8 Å². The van der Waals surface area contributed by atoms with Gasteiger partial charge in [0, 0.05) is 29.9 Å². The summed E-state index contributed by atoms with van der Waals surface area (Å²) < 4.78 is 5.37. The minimum Gasteiger partial charge on any atom is -0.378 e. The fourth-order valence-corrected chi connectivity index (χ4v) is 3.25. The highest BCUT2D eigenvalue weighted by Gasteiger charge is 2.13. The number of H-pyrrole nitrogens is 1. The van der Waals surface area contributed by atoms with Gasteiger partial charge in [0.1, 0.15) is 5.69 Å². The Balaban J connectivity index is 1.49. The third-order valence-corrected chi connectivity index (χ3v) is 4.67. The zero-order chi connectivity index (χ0) is 17.2. The van der Waals surface area contributed by atoms with Gasteiger partial charge in [-0.15, -0.1) is 0 Å². The zero-order valence-electron chi connectivity index (χ0n) is 13.6. The van der Waals surface area contributed by atoms with Crippen molar-refractivity contribution in [3.05, 3.63) is 59.2 Å². The molecule has 4 rings (SSSR count). The van der Waals surface area contributed by atoms with Gasteiger partial charge >= 0.3 is 0 Å². The number of fused-ring (bicyclic) bond motifs is 1. The molecule has 2 aromatic carbocycles. The van der Waals surface area contributed by atoms with Crippen molar-refractivity contribution in [2.75, 3.05) is 36.5 Å². The predicted octanol–water partition coefficient (Wildman–Crippen LogP) is 3.91. The zero-order valence-corrected chi connectivity index (χ0v) is 14.3. The summed E-state index contributed by atoms with van der Waals surface area (Å²) in [6.45, 7) is 3.28. The van der Waals surface area contributed by atoms with E-state index in [9.17, 15) is 4.79 Å². The summed E-state index contributed by atoms with van der Waals surface area (Å²) in [7, 11) is 0. The van der Waals surface area contributed by atoms with Gasteiger partial charge in [0.05, 0.1) is 23.8 Å². The number of benzene rings is 2. The highest BCUT2D eigenvalue weighted by Crippen LogP contribution is 2.24.